The van der Waals surface area contributed by atoms with Crippen LogP contribution in [-0.2, 0) is 24.2 Å². The lowest BCUT2D eigenvalue weighted by Gasteiger charge is -2.22. The van der Waals surface area contributed by atoms with Crippen LogP contribution < -0.4 is 20.5 Å². The van der Waals surface area contributed by atoms with Crippen LogP contribution in [0.3, 0.4) is 0 Å². The predicted molar refractivity (Wildman–Crippen MR) is 127 cm³/mol. The minimum atomic E-state index is -0.253. The van der Waals surface area contributed by atoms with Gasteiger partial charge in [-0.25, -0.2) is 4.79 Å². The minimum Gasteiger partial charge on any atom is -0.497 e. The average Bonchev–Trinajstić information content (AvgIpc) is 3.33. The van der Waals surface area contributed by atoms with Crippen molar-refractivity contribution in [2.45, 2.75) is 37.3 Å². The lowest BCUT2D eigenvalue weighted by molar-refractivity contribution is -0.113. The van der Waals surface area contributed by atoms with Crippen LogP contribution in [0, 0.1) is 0 Å². The van der Waals surface area contributed by atoms with E-state index in [4.69, 9.17) is 9.47 Å². The Hall–Kier alpha value is -2.78. The van der Waals surface area contributed by atoms with Crippen molar-refractivity contribution in [2.24, 2.45) is 0 Å². The molecule has 0 saturated heterocycles. The summed E-state index contributed by atoms with van der Waals surface area (Å²) in [7, 11) is 3.12. The Kier molecular flexibility index (Phi) is 7.16. The Bertz CT molecular complexity index is 1160. The highest BCUT2D eigenvalue weighted by Crippen LogP contribution is 2.31. The van der Waals surface area contributed by atoms with Gasteiger partial charge in [0.1, 0.15) is 16.5 Å². The van der Waals surface area contributed by atoms with Crippen LogP contribution in [0.4, 0.5) is 5.69 Å². The number of rotatable bonds is 8. The number of aromatic nitrogens is 2. The number of methoxy groups -OCH3 is 2. The summed E-state index contributed by atoms with van der Waals surface area (Å²) < 4.78 is 12.4. The third-order valence-electron chi connectivity index (χ3n) is 5.37. The molecule has 0 bridgehead atoms. The monoisotopic (exact) mass is 471 g/mol. The first-order valence-electron chi connectivity index (χ1n) is 10.4. The molecule has 0 spiro atoms. The van der Waals surface area contributed by atoms with E-state index in [0.717, 1.165) is 41.8 Å². The zero-order valence-corrected chi connectivity index (χ0v) is 19.7. The van der Waals surface area contributed by atoms with Gasteiger partial charge in [0, 0.05) is 22.2 Å². The lowest BCUT2D eigenvalue weighted by Crippen LogP contribution is -2.30. The number of carbonyl (C=O) groups excluding carboxylic acids is 1. The molecule has 2 heterocycles. The van der Waals surface area contributed by atoms with Gasteiger partial charge in [-0.05, 0) is 49.3 Å². The Morgan fingerprint density at radius 2 is 2.06 bits per heavy atom. The standard InChI is InChI=1S/C23H25N3O4S2/c1-29-15-9-10-20(30-2)18(12-15)24-21(27)14-32-22-17-7-3-4-8-19(17)26(23(28)25-22)13-16-6-5-11-31-16/h5-6,9-12H,3-4,7-8,13-14H2,1-2H3,(H,24,27). The highest BCUT2D eigenvalue weighted by molar-refractivity contribution is 8.00. The molecule has 0 saturated carbocycles. The molecule has 2 aromatic heterocycles. The second-order valence-corrected chi connectivity index (χ2v) is 9.40. The van der Waals surface area contributed by atoms with Gasteiger partial charge in [0.15, 0.2) is 0 Å². The first kappa shape index (κ1) is 22.4. The molecule has 9 heteroatoms. The normalized spacial score (nSPS) is 12.8. The van der Waals surface area contributed by atoms with Crippen LogP contribution in [-0.4, -0.2) is 35.4 Å². The summed E-state index contributed by atoms with van der Waals surface area (Å²) in [6.45, 7) is 0.549. The van der Waals surface area contributed by atoms with E-state index in [1.165, 1.54) is 11.8 Å². The highest BCUT2D eigenvalue weighted by Gasteiger charge is 2.21. The van der Waals surface area contributed by atoms with Crippen molar-refractivity contribution >= 4 is 34.7 Å². The van der Waals surface area contributed by atoms with E-state index in [1.807, 2.05) is 17.5 Å². The van der Waals surface area contributed by atoms with Crippen molar-refractivity contribution < 1.29 is 14.3 Å². The molecule has 3 aromatic rings. The fraction of sp³-hybridized carbons (Fsp3) is 0.348. The highest BCUT2D eigenvalue weighted by atomic mass is 32.2. The van der Waals surface area contributed by atoms with Gasteiger partial charge in [-0.3, -0.25) is 9.36 Å². The van der Waals surface area contributed by atoms with E-state index in [-0.39, 0.29) is 17.3 Å². The molecule has 1 amide bonds. The zero-order chi connectivity index (χ0) is 22.5. The quantitative estimate of drug-likeness (QED) is 0.395. The summed E-state index contributed by atoms with van der Waals surface area (Å²) >= 11 is 2.95. The Morgan fingerprint density at radius 3 is 2.81 bits per heavy atom. The summed E-state index contributed by atoms with van der Waals surface area (Å²) in [5.41, 5.74) is 2.45. The molecule has 1 N–H and O–H groups in total. The maximum Gasteiger partial charge on any atom is 0.349 e. The summed E-state index contributed by atoms with van der Waals surface area (Å²) in [5.74, 6) is 1.12. The number of nitrogens with zero attached hydrogens (tertiary/aromatic N) is 2. The topological polar surface area (TPSA) is 82.5 Å². The smallest absolute Gasteiger partial charge is 0.349 e. The number of carbonyl (C=O) groups is 1. The van der Waals surface area contributed by atoms with Gasteiger partial charge in [0.25, 0.3) is 0 Å². The molecule has 7 nitrogen and oxygen atoms in total. The molecule has 4 rings (SSSR count). The summed E-state index contributed by atoms with van der Waals surface area (Å²) in [5, 5.41) is 5.55. The van der Waals surface area contributed by atoms with Crippen molar-refractivity contribution in [1.29, 1.82) is 0 Å². The Balaban J connectivity index is 1.52. The molecule has 0 atom stereocenters. The molecule has 1 aliphatic rings. The van der Waals surface area contributed by atoms with Crippen molar-refractivity contribution in [1.82, 2.24) is 9.55 Å². The molecule has 32 heavy (non-hydrogen) atoms. The molecule has 1 aliphatic carbocycles. The number of amides is 1. The maximum atomic E-state index is 12.8. The van der Waals surface area contributed by atoms with Crippen LogP contribution in [0.5, 0.6) is 11.5 Å². The molecule has 0 unspecified atom stereocenters. The van der Waals surface area contributed by atoms with Gasteiger partial charge in [-0.2, -0.15) is 4.98 Å². The Labute approximate surface area is 194 Å². The number of anilines is 1. The number of thioether (sulfide) groups is 1. The fourth-order valence-corrected chi connectivity index (χ4v) is 5.39. The van der Waals surface area contributed by atoms with E-state index in [2.05, 4.69) is 10.3 Å². The van der Waals surface area contributed by atoms with Crippen molar-refractivity contribution in [3.05, 3.63) is 62.3 Å². The first-order chi connectivity index (χ1) is 15.6. The van der Waals surface area contributed by atoms with Crippen molar-refractivity contribution in [3.8, 4) is 11.5 Å². The van der Waals surface area contributed by atoms with Crippen LogP contribution in [0.25, 0.3) is 0 Å². The summed E-state index contributed by atoms with van der Waals surface area (Å²) in [4.78, 5) is 31.0. The summed E-state index contributed by atoms with van der Waals surface area (Å²) in [6, 6.07) is 9.25. The molecule has 1 aromatic carbocycles. The van der Waals surface area contributed by atoms with E-state index in [0.29, 0.717) is 28.8 Å². The molecule has 0 fully saturated rings. The number of hydrogen-bond donors (Lipinski definition) is 1. The zero-order valence-electron chi connectivity index (χ0n) is 18.1. The predicted octanol–water partition coefficient (Wildman–Crippen LogP) is 3.98. The first-order valence-corrected chi connectivity index (χ1v) is 12.2. The molecule has 0 aliphatic heterocycles. The molecule has 168 valence electrons. The van der Waals surface area contributed by atoms with E-state index < -0.39 is 0 Å². The third kappa shape index (κ3) is 4.99. The SMILES string of the molecule is COc1ccc(OC)c(NC(=O)CSc2nc(=O)n(Cc3cccs3)c3c2CCCC3)c1. The van der Waals surface area contributed by atoms with E-state index >= 15 is 0 Å². The number of benzene rings is 1. The number of thiophene rings is 1. The third-order valence-corrected chi connectivity index (χ3v) is 7.24. The number of hydrogen-bond acceptors (Lipinski definition) is 7. The van der Waals surface area contributed by atoms with Crippen LogP contribution in [0.2, 0.25) is 0 Å². The molecule has 0 radical (unpaired) electrons. The van der Waals surface area contributed by atoms with Crippen LogP contribution in [0.15, 0.2) is 45.5 Å². The maximum absolute atomic E-state index is 12.8. The largest absolute Gasteiger partial charge is 0.497 e. The molecular weight excluding hydrogens is 446 g/mol. The van der Waals surface area contributed by atoms with Crippen LogP contribution in [0.1, 0.15) is 29.0 Å². The number of ether oxygens (including phenoxy) is 2. The van der Waals surface area contributed by atoms with Gasteiger partial charge < -0.3 is 14.8 Å². The van der Waals surface area contributed by atoms with Gasteiger partial charge >= 0.3 is 5.69 Å². The molecular formula is C23H25N3O4S2. The number of nitrogens with one attached hydrogen (secondary N) is 1. The second-order valence-electron chi connectivity index (χ2n) is 7.40. The van der Waals surface area contributed by atoms with Gasteiger partial charge in [0.05, 0.1) is 32.2 Å². The van der Waals surface area contributed by atoms with Crippen LogP contribution >= 0.6 is 23.1 Å². The van der Waals surface area contributed by atoms with Gasteiger partial charge in [0.2, 0.25) is 5.91 Å². The lowest BCUT2D eigenvalue weighted by atomic mass is 9.97. The minimum absolute atomic E-state index is 0.147. The van der Waals surface area contributed by atoms with Gasteiger partial charge in [-0.1, -0.05) is 17.8 Å². The second kappa shape index (κ2) is 10.2. The average molecular weight is 472 g/mol. The van der Waals surface area contributed by atoms with E-state index in [9.17, 15) is 9.59 Å². The van der Waals surface area contributed by atoms with Crippen molar-refractivity contribution in [3.63, 3.8) is 0 Å². The van der Waals surface area contributed by atoms with E-state index in [1.54, 1.807) is 48.3 Å². The van der Waals surface area contributed by atoms with Gasteiger partial charge in [-0.15, -0.1) is 11.3 Å². The number of fused-ring (bicyclic) bond motifs is 1. The fourth-order valence-electron chi connectivity index (χ4n) is 3.82. The Morgan fingerprint density at radius 1 is 1.22 bits per heavy atom. The summed E-state index contributed by atoms with van der Waals surface area (Å²) in [6.07, 6.45) is 3.85. The van der Waals surface area contributed by atoms with Crippen molar-refractivity contribution in [2.75, 3.05) is 25.3 Å².